The van der Waals surface area contributed by atoms with E-state index < -0.39 is 0 Å². The molecule has 4 aliphatic rings. The zero-order valence-corrected chi connectivity index (χ0v) is 20.9. The Labute approximate surface area is 203 Å². The number of carbonyl (C=O) groups excluding carboxylic acids is 1. The van der Waals surface area contributed by atoms with Crippen LogP contribution in [0.5, 0.6) is 0 Å². The van der Waals surface area contributed by atoms with Crippen molar-refractivity contribution in [2.75, 3.05) is 0 Å². The van der Waals surface area contributed by atoms with Gasteiger partial charge in [-0.1, -0.05) is 43.7 Å². The zero-order chi connectivity index (χ0) is 23.5. The Morgan fingerprint density at radius 2 is 1.85 bits per heavy atom. The highest BCUT2D eigenvalue weighted by Gasteiger charge is 2.59. The van der Waals surface area contributed by atoms with Crippen molar-refractivity contribution in [3.8, 4) is 5.69 Å². The van der Waals surface area contributed by atoms with Gasteiger partial charge in [-0.15, -0.1) is 0 Å². The smallest absolute Gasteiger partial charge is 0.302 e. The lowest BCUT2D eigenvalue weighted by Crippen LogP contribution is -2.50. The predicted molar refractivity (Wildman–Crippen MR) is 134 cm³/mol. The number of esters is 1. The van der Waals surface area contributed by atoms with Crippen LogP contribution in [-0.2, 0) is 9.53 Å². The Morgan fingerprint density at radius 3 is 2.65 bits per heavy atom. The second kappa shape index (κ2) is 8.10. The molecule has 0 spiro atoms. The first kappa shape index (κ1) is 22.1. The van der Waals surface area contributed by atoms with Crippen molar-refractivity contribution >= 4 is 5.97 Å². The Bertz CT molecular complexity index is 1100. The Kier molecular flexibility index (Phi) is 5.27. The van der Waals surface area contributed by atoms with E-state index in [1.165, 1.54) is 43.5 Å². The van der Waals surface area contributed by atoms with Crippen molar-refractivity contribution in [3.63, 3.8) is 0 Å². The highest BCUT2D eigenvalue weighted by atomic mass is 16.5. The largest absolute Gasteiger partial charge is 0.462 e. The van der Waals surface area contributed by atoms with Crippen LogP contribution in [0.4, 0.5) is 0 Å². The second-order valence-corrected chi connectivity index (χ2v) is 11.9. The summed E-state index contributed by atoms with van der Waals surface area (Å²) in [7, 11) is 0. The molecule has 4 nitrogen and oxygen atoms in total. The van der Waals surface area contributed by atoms with Crippen LogP contribution in [0.3, 0.4) is 0 Å². The van der Waals surface area contributed by atoms with Gasteiger partial charge >= 0.3 is 5.97 Å². The number of carbonyl (C=O) groups is 1. The standard InChI is InChI=1S/C30H38N2O2/c1-20(33)34-23-13-16-29(2)21(19-23)9-10-24-25-11-12-27(30(25,3)17-14-26(24)29)28-15-18-31-32(28)22-7-5-4-6-8-22/h4-9,15,18,23-27H,10-14,16-17,19H2,1-3H3/t23-,24+,25+,26+,27-,29+,30+/m1/s1. The van der Waals surface area contributed by atoms with E-state index >= 15 is 0 Å². The molecule has 4 aliphatic carbocycles. The summed E-state index contributed by atoms with van der Waals surface area (Å²) in [5.41, 5.74) is 4.77. The lowest BCUT2D eigenvalue weighted by atomic mass is 9.47. The molecule has 0 saturated heterocycles. The topological polar surface area (TPSA) is 44.1 Å². The van der Waals surface area contributed by atoms with Crippen molar-refractivity contribution in [1.82, 2.24) is 9.78 Å². The molecule has 7 atom stereocenters. The fourth-order valence-electron chi connectivity index (χ4n) is 8.81. The molecule has 0 bridgehead atoms. The predicted octanol–water partition coefficient (Wildman–Crippen LogP) is 6.85. The highest BCUT2D eigenvalue weighted by molar-refractivity contribution is 5.66. The number of nitrogens with zero attached hydrogens (tertiary/aromatic N) is 2. The maximum absolute atomic E-state index is 11.5. The number of rotatable bonds is 3. The van der Waals surface area contributed by atoms with Gasteiger partial charge < -0.3 is 4.74 Å². The van der Waals surface area contributed by atoms with Gasteiger partial charge in [-0.3, -0.25) is 4.79 Å². The van der Waals surface area contributed by atoms with Gasteiger partial charge in [0.05, 0.1) is 5.69 Å². The molecule has 0 radical (unpaired) electrons. The molecule has 3 saturated carbocycles. The van der Waals surface area contributed by atoms with Crippen LogP contribution < -0.4 is 0 Å². The van der Waals surface area contributed by atoms with Gasteiger partial charge in [0.15, 0.2) is 0 Å². The molecular weight excluding hydrogens is 420 g/mol. The average molecular weight is 459 g/mol. The summed E-state index contributed by atoms with van der Waals surface area (Å²) in [6.45, 7) is 6.66. The maximum Gasteiger partial charge on any atom is 0.302 e. The van der Waals surface area contributed by atoms with Crippen molar-refractivity contribution in [1.29, 1.82) is 0 Å². The quantitative estimate of drug-likeness (QED) is 0.373. The molecule has 34 heavy (non-hydrogen) atoms. The summed E-state index contributed by atoms with van der Waals surface area (Å²) in [6.07, 6.45) is 14.2. The molecule has 4 heteroatoms. The lowest BCUT2D eigenvalue weighted by molar-refractivity contribution is -0.148. The molecule has 2 aromatic rings. The molecule has 180 valence electrons. The highest BCUT2D eigenvalue weighted by Crippen LogP contribution is 2.68. The monoisotopic (exact) mass is 458 g/mol. The second-order valence-electron chi connectivity index (χ2n) is 11.9. The van der Waals surface area contributed by atoms with Crippen molar-refractivity contribution in [2.45, 2.75) is 84.2 Å². The summed E-state index contributed by atoms with van der Waals surface area (Å²) in [5.74, 6) is 2.75. The van der Waals surface area contributed by atoms with E-state index in [-0.39, 0.29) is 17.5 Å². The summed E-state index contributed by atoms with van der Waals surface area (Å²) in [6, 6.07) is 12.9. The number of aromatic nitrogens is 2. The van der Waals surface area contributed by atoms with Crippen LogP contribution in [-0.4, -0.2) is 21.9 Å². The number of hydrogen-bond acceptors (Lipinski definition) is 3. The van der Waals surface area contributed by atoms with Crippen molar-refractivity contribution < 1.29 is 9.53 Å². The molecule has 6 rings (SSSR count). The lowest BCUT2D eigenvalue weighted by Gasteiger charge is -2.58. The van der Waals surface area contributed by atoms with Crippen LogP contribution in [0, 0.1) is 28.6 Å². The van der Waals surface area contributed by atoms with E-state index in [1.54, 1.807) is 12.5 Å². The Balaban J connectivity index is 1.28. The summed E-state index contributed by atoms with van der Waals surface area (Å²) in [5, 5.41) is 4.75. The van der Waals surface area contributed by atoms with E-state index in [0.29, 0.717) is 11.3 Å². The number of ether oxygens (including phenoxy) is 1. The van der Waals surface area contributed by atoms with E-state index in [1.807, 2.05) is 6.20 Å². The summed E-state index contributed by atoms with van der Waals surface area (Å²) < 4.78 is 7.82. The van der Waals surface area contributed by atoms with Gasteiger partial charge in [0, 0.05) is 31.2 Å². The third-order valence-corrected chi connectivity index (χ3v) is 10.4. The van der Waals surface area contributed by atoms with Gasteiger partial charge in [-0.25, -0.2) is 4.68 Å². The van der Waals surface area contributed by atoms with Gasteiger partial charge in [-0.05, 0) is 91.7 Å². The number of fused-ring (bicyclic) bond motifs is 5. The van der Waals surface area contributed by atoms with E-state index in [0.717, 1.165) is 37.0 Å². The first-order valence-electron chi connectivity index (χ1n) is 13.4. The molecule has 0 aliphatic heterocycles. The molecule has 3 fully saturated rings. The molecule has 0 amide bonds. The van der Waals surface area contributed by atoms with Crippen LogP contribution >= 0.6 is 0 Å². The van der Waals surface area contributed by atoms with E-state index in [9.17, 15) is 4.79 Å². The fraction of sp³-hybridized carbons (Fsp3) is 0.600. The van der Waals surface area contributed by atoms with E-state index in [2.05, 4.69) is 61.0 Å². The minimum absolute atomic E-state index is 0.0800. The molecular formula is C30H38N2O2. The van der Waals surface area contributed by atoms with Crippen molar-refractivity contribution in [2.24, 2.45) is 28.6 Å². The number of para-hydroxylation sites is 1. The first-order valence-corrected chi connectivity index (χ1v) is 13.4. The fourth-order valence-corrected chi connectivity index (χ4v) is 8.81. The maximum atomic E-state index is 11.5. The van der Waals surface area contributed by atoms with Crippen LogP contribution in [0.25, 0.3) is 5.69 Å². The zero-order valence-electron chi connectivity index (χ0n) is 20.9. The average Bonchev–Trinajstić information content (AvgIpc) is 3.43. The van der Waals surface area contributed by atoms with Crippen molar-refractivity contribution in [3.05, 3.63) is 59.9 Å². The van der Waals surface area contributed by atoms with E-state index in [4.69, 9.17) is 9.84 Å². The molecule has 0 unspecified atom stereocenters. The van der Waals surface area contributed by atoms with Gasteiger partial charge in [0.2, 0.25) is 0 Å². The van der Waals surface area contributed by atoms with Gasteiger partial charge in [-0.2, -0.15) is 5.10 Å². The number of benzene rings is 1. The number of allylic oxidation sites excluding steroid dienone is 1. The minimum atomic E-state index is -0.136. The molecule has 1 aromatic carbocycles. The third-order valence-electron chi connectivity index (χ3n) is 10.4. The van der Waals surface area contributed by atoms with Crippen LogP contribution in [0.15, 0.2) is 54.2 Å². The Hall–Kier alpha value is -2.36. The minimum Gasteiger partial charge on any atom is -0.462 e. The van der Waals surface area contributed by atoms with Gasteiger partial charge in [0.25, 0.3) is 0 Å². The SMILES string of the molecule is CC(=O)O[C@@H]1CC[C@@]2(C)C(=CC[C@H]3[C@@H]4CC[C@H](c5ccnn5-c5ccccc5)[C@@]4(C)CC[C@@H]32)C1. The summed E-state index contributed by atoms with van der Waals surface area (Å²) >= 11 is 0. The van der Waals surface area contributed by atoms with Crippen LogP contribution in [0.1, 0.15) is 83.7 Å². The molecule has 0 N–H and O–H groups in total. The number of hydrogen-bond donors (Lipinski definition) is 0. The molecule has 1 heterocycles. The summed E-state index contributed by atoms with van der Waals surface area (Å²) in [4.78, 5) is 11.5. The van der Waals surface area contributed by atoms with Crippen LogP contribution in [0.2, 0.25) is 0 Å². The van der Waals surface area contributed by atoms with Gasteiger partial charge in [0.1, 0.15) is 6.10 Å². The first-order chi connectivity index (χ1) is 16.4. The Morgan fingerprint density at radius 1 is 1.03 bits per heavy atom. The molecule has 1 aromatic heterocycles. The normalized spacial score (nSPS) is 38.9. The third kappa shape index (κ3) is 3.31.